The smallest absolute Gasteiger partial charge is 0.270 e. The molecule has 0 atom stereocenters. The number of rotatable bonds is 6. The molecule has 92 valence electrons. The number of nitro benzene ring substituents is 1. The number of non-ortho nitro benzene ring substituents is 1. The van der Waals surface area contributed by atoms with Crippen LogP contribution in [0.3, 0.4) is 0 Å². The highest BCUT2D eigenvalue weighted by atomic mass is 16.6. The number of ether oxygens (including phenoxy) is 1. The first-order valence-corrected chi connectivity index (χ1v) is 5.35. The van der Waals surface area contributed by atoms with Gasteiger partial charge >= 0.3 is 0 Å². The topological polar surface area (TPSA) is 78.4 Å². The molecule has 0 spiro atoms. The molecule has 0 aliphatic rings. The molecule has 0 fully saturated rings. The molecule has 0 bridgehead atoms. The Morgan fingerprint density at radius 2 is 2.29 bits per heavy atom. The van der Waals surface area contributed by atoms with E-state index in [0.717, 1.165) is 12.0 Å². The Morgan fingerprint density at radius 1 is 1.59 bits per heavy atom. The third-order valence-corrected chi connectivity index (χ3v) is 2.41. The maximum Gasteiger partial charge on any atom is 0.270 e. The van der Waals surface area contributed by atoms with Gasteiger partial charge in [0.1, 0.15) is 12.4 Å². The molecule has 5 heteroatoms. The van der Waals surface area contributed by atoms with Gasteiger partial charge in [0.2, 0.25) is 0 Å². The molecule has 0 aliphatic heterocycles. The van der Waals surface area contributed by atoms with E-state index in [4.69, 9.17) is 10.5 Å². The molecular formula is C12H16N2O3. The predicted molar refractivity (Wildman–Crippen MR) is 65.9 cm³/mol. The van der Waals surface area contributed by atoms with Crippen LogP contribution in [0.5, 0.6) is 5.75 Å². The SMILES string of the molecule is C=C(CC)COc1ccc([N+](=O)[O-])cc1CN. The van der Waals surface area contributed by atoms with Crippen molar-refractivity contribution in [1.29, 1.82) is 0 Å². The summed E-state index contributed by atoms with van der Waals surface area (Å²) in [5.41, 5.74) is 7.15. The Bertz CT molecular complexity index is 430. The molecule has 1 aromatic rings. The van der Waals surface area contributed by atoms with E-state index in [1.807, 2.05) is 6.92 Å². The van der Waals surface area contributed by atoms with Crippen molar-refractivity contribution in [1.82, 2.24) is 0 Å². The minimum atomic E-state index is -0.450. The van der Waals surface area contributed by atoms with Gasteiger partial charge in [-0.1, -0.05) is 13.5 Å². The first kappa shape index (κ1) is 13.2. The second kappa shape index (κ2) is 6.00. The van der Waals surface area contributed by atoms with Gasteiger partial charge in [-0.2, -0.15) is 0 Å². The molecule has 0 saturated heterocycles. The predicted octanol–water partition coefficient (Wildman–Crippen LogP) is 2.40. The number of nitrogens with zero attached hydrogens (tertiary/aromatic N) is 1. The van der Waals surface area contributed by atoms with Crippen LogP contribution in [0.4, 0.5) is 5.69 Å². The molecule has 1 rings (SSSR count). The monoisotopic (exact) mass is 236 g/mol. The van der Waals surface area contributed by atoms with E-state index in [9.17, 15) is 10.1 Å². The van der Waals surface area contributed by atoms with Crippen LogP contribution < -0.4 is 10.5 Å². The van der Waals surface area contributed by atoms with Crippen LogP contribution in [0.2, 0.25) is 0 Å². The van der Waals surface area contributed by atoms with Gasteiger partial charge in [-0.05, 0) is 18.1 Å². The third kappa shape index (κ3) is 3.57. The minimum Gasteiger partial charge on any atom is -0.489 e. The van der Waals surface area contributed by atoms with E-state index in [2.05, 4.69) is 6.58 Å². The van der Waals surface area contributed by atoms with Gasteiger partial charge in [-0.15, -0.1) is 0 Å². The molecule has 0 saturated carbocycles. The number of nitro groups is 1. The fourth-order valence-electron chi connectivity index (χ4n) is 1.26. The van der Waals surface area contributed by atoms with Crippen LogP contribution in [0, 0.1) is 10.1 Å². The Balaban J connectivity index is 2.85. The van der Waals surface area contributed by atoms with Gasteiger partial charge in [0.25, 0.3) is 5.69 Å². The average Bonchev–Trinajstić information content (AvgIpc) is 2.35. The molecule has 17 heavy (non-hydrogen) atoms. The Hall–Kier alpha value is -1.88. The zero-order chi connectivity index (χ0) is 12.8. The summed E-state index contributed by atoms with van der Waals surface area (Å²) >= 11 is 0. The van der Waals surface area contributed by atoms with E-state index in [1.165, 1.54) is 12.1 Å². The van der Waals surface area contributed by atoms with E-state index < -0.39 is 4.92 Å². The summed E-state index contributed by atoms with van der Waals surface area (Å²) in [6, 6.07) is 4.41. The highest BCUT2D eigenvalue weighted by molar-refractivity contribution is 5.43. The zero-order valence-corrected chi connectivity index (χ0v) is 9.81. The first-order valence-electron chi connectivity index (χ1n) is 5.35. The summed E-state index contributed by atoms with van der Waals surface area (Å²) in [5, 5.41) is 10.6. The number of nitrogens with two attached hydrogens (primary N) is 1. The summed E-state index contributed by atoms with van der Waals surface area (Å²) in [4.78, 5) is 10.2. The highest BCUT2D eigenvalue weighted by Crippen LogP contribution is 2.24. The second-order valence-corrected chi connectivity index (χ2v) is 3.65. The maximum absolute atomic E-state index is 10.6. The summed E-state index contributed by atoms with van der Waals surface area (Å²) in [7, 11) is 0. The van der Waals surface area contributed by atoms with Crippen LogP contribution in [0.1, 0.15) is 18.9 Å². The molecule has 5 nitrogen and oxygen atoms in total. The molecule has 0 heterocycles. The first-order chi connectivity index (χ1) is 8.08. The lowest BCUT2D eigenvalue weighted by Crippen LogP contribution is -2.05. The summed E-state index contributed by atoms with van der Waals surface area (Å²) in [5.74, 6) is 0.577. The average molecular weight is 236 g/mol. The van der Waals surface area contributed by atoms with Crippen LogP contribution in [-0.2, 0) is 6.54 Å². The van der Waals surface area contributed by atoms with Crippen molar-refractivity contribution in [2.45, 2.75) is 19.9 Å². The van der Waals surface area contributed by atoms with Gasteiger partial charge < -0.3 is 10.5 Å². The van der Waals surface area contributed by atoms with Crippen molar-refractivity contribution in [2.75, 3.05) is 6.61 Å². The third-order valence-electron chi connectivity index (χ3n) is 2.41. The Morgan fingerprint density at radius 3 is 2.82 bits per heavy atom. The lowest BCUT2D eigenvalue weighted by molar-refractivity contribution is -0.384. The molecule has 0 amide bonds. The van der Waals surface area contributed by atoms with Crippen LogP contribution in [-0.4, -0.2) is 11.5 Å². The van der Waals surface area contributed by atoms with Crippen LogP contribution >= 0.6 is 0 Å². The van der Waals surface area contributed by atoms with Crippen LogP contribution in [0.15, 0.2) is 30.4 Å². The van der Waals surface area contributed by atoms with Crippen molar-refractivity contribution < 1.29 is 9.66 Å². The molecule has 0 radical (unpaired) electrons. The van der Waals surface area contributed by atoms with Crippen LogP contribution in [0.25, 0.3) is 0 Å². The Labute approximate surface area is 100 Å². The molecule has 2 N–H and O–H groups in total. The zero-order valence-electron chi connectivity index (χ0n) is 9.81. The summed E-state index contributed by atoms with van der Waals surface area (Å²) in [6.45, 7) is 6.42. The van der Waals surface area contributed by atoms with Gasteiger partial charge in [0.05, 0.1) is 4.92 Å². The number of hydrogen-bond acceptors (Lipinski definition) is 4. The van der Waals surface area contributed by atoms with E-state index in [1.54, 1.807) is 6.07 Å². The fraction of sp³-hybridized carbons (Fsp3) is 0.333. The lowest BCUT2D eigenvalue weighted by Gasteiger charge is -2.10. The normalized spacial score (nSPS) is 10.0. The quantitative estimate of drug-likeness (QED) is 0.467. The molecule has 1 aromatic carbocycles. The van der Waals surface area contributed by atoms with Crippen molar-refractivity contribution in [3.05, 3.63) is 46.0 Å². The van der Waals surface area contributed by atoms with Gasteiger partial charge in [-0.3, -0.25) is 10.1 Å². The second-order valence-electron chi connectivity index (χ2n) is 3.65. The summed E-state index contributed by atoms with van der Waals surface area (Å²) in [6.07, 6.45) is 0.838. The molecule has 0 aromatic heterocycles. The molecular weight excluding hydrogens is 220 g/mol. The minimum absolute atomic E-state index is 0.0205. The van der Waals surface area contributed by atoms with Gasteiger partial charge in [0, 0.05) is 24.2 Å². The van der Waals surface area contributed by atoms with E-state index in [-0.39, 0.29) is 12.2 Å². The largest absolute Gasteiger partial charge is 0.489 e. The molecule has 0 unspecified atom stereocenters. The van der Waals surface area contributed by atoms with Crippen molar-refractivity contribution in [2.24, 2.45) is 5.73 Å². The van der Waals surface area contributed by atoms with E-state index >= 15 is 0 Å². The lowest BCUT2D eigenvalue weighted by atomic mass is 10.1. The van der Waals surface area contributed by atoms with E-state index in [0.29, 0.717) is 17.9 Å². The van der Waals surface area contributed by atoms with Crippen molar-refractivity contribution in [3.8, 4) is 5.75 Å². The Kier molecular flexibility index (Phi) is 4.66. The number of benzene rings is 1. The van der Waals surface area contributed by atoms with Crippen molar-refractivity contribution in [3.63, 3.8) is 0 Å². The van der Waals surface area contributed by atoms with Gasteiger partial charge in [-0.25, -0.2) is 0 Å². The number of hydrogen-bond donors (Lipinski definition) is 1. The fourth-order valence-corrected chi connectivity index (χ4v) is 1.26. The summed E-state index contributed by atoms with van der Waals surface area (Å²) < 4.78 is 5.51. The maximum atomic E-state index is 10.6. The standard InChI is InChI=1S/C12H16N2O3/c1-3-9(2)8-17-12-5-4-11(14(15)16)6-10(12)7-13/h4-6H,2-3,7-8,13H2,1H3. The van der Waals surface area contributed by atoms with Crippen molar-refractivity contribution >= 4 is 5.69 Å². The van der Waals surface area contributed by atoms with Gasteiger partial charge in [0.15, 0.2) is 0 Å². The molecule has 0 aliphatic carbocycles. The highest BCUT2D eigenvalue weighted by Gasteiger charge is 2.10.